The Hall–Kier alpha value is -1.06. The van der Waals surface area contributed by atoms with Crippen molar-refractivity contribution in [1.82, 2.24) is 0 Å². The summed E-state index contributed by atoms with van der Waals surface area (Å²) in [6.45, 7) is 4.46. The third-order valence-corrected chi connectivity index (χ3v) is 6.47. The largest absolute Gasteiger partial charge is 0.369 e. The van der Waals surface area contributed by atoms with E-state index in [2.05, 4.69) is 13.8 Å². The minimum absolute atomic E-state index is 0.0438. The fourth-order valence-corrected chi connectivity index (χ4v) is 4.33. The smallest absolute Gasteiger partial charge is 0.220 e. The number of carbonyl (C=O) groups excluding carboxylic acids is 2. The van der Waals surface area contributed by atoms with Crippen LogP contribution in [0, 0.1) is 11.8 Å². The quantitative estimate of drug-likeness (QED) is 0.172. The molecule has 30 heavy (non-hydrogen) atoms. The SMILES string of the molecule is CCCCCCCCC(CCCCCCC(CCCCCCCC)C(N)=O)C(N)=O. The van der Waals surface area contributed by atoms with E-state index in [1.807, 2.05) is 0 Å². The average molecular weight is 425 g/mol. The number of hydrogen-bond donors (Lipinski definition) is 2. The van der Waals surface area contributed by atoms with Crippen molar-refractivity contribution in [2.24, 2.45) is 23.3 Å². The van der Waals surface area contributed by atoms with Crippen molar-refractivity contribution in [3.63, 3.8) is 0 Å². The van der Waals surface area contributed by atoms with Crippen molar-refractivity contribution in [3.05, 3.63) is 0 Å². The third-order valence-electron chi connectivity index (χ3n) is 6.47. The van der Waals surface area contributed by atoms with E-state index in [0.29, 0.717) is 0 Å². The molecule has 0 spiro atoms. The van der Waals surface area contributed by atoms with Crippen LogP contribution in [0.2, 0.25) is 0 Å². The van der Waals surface area contributed by atoms with E-state index < -0.39 is 0 Å². The molecule has 0 fully saturated rings. The molecule has 0 aromatic rings. The van der Waals surface area contributed by atoms with Crippen molar-refractivity contribution in [2.45, 2.75) is 142 Å². The predicted octanol–water partition coefficient (Wildman–Crippen LogP) is 7.03. The maximum atomic E-state index is 11.7. The minimum Gasteiger partial charge on any atom is -0.369 e. The summed E-state index contributed by atoms with van der Waals surface area (Å²) >= 11 is 0. The Labute approximate surface area is 187 Å². The lowest BCUT2D eigenvalue weighted by Crippen LogP contribution is -2.23. The normalized spacial score (nSPS) is 13.3. The average Bonchev–Trinajstić information content (AvgIpc) is 2.71. The van der Waals surface area contributed by atoms with E-state index in [9.17, 15) is 9.59 Å². The molecule has 0 saturated carbocycles. The summed E-state index contributed by atoms with van der Waals surface area (Å²) in [6.07, 6.45) is 23.1. The van der Waals surface area contributed by atoms with Crippen LogP contribution < -0.4 is 11.5 Å². The van der Waals surface area contributed by atoms with Crippen molar-refractivity contribution < 1.29 is 9.59 Å². The first kappa shape index (κ1) is 28.9. The van der Waals surface area contributed by atoms with E-state index in [1.165, 1.54) is 64.2 Å². The van der Waals surface area contributed by atoms with Crippen LogP contribution in [0.1, 0.15) is 142 Å². The second-order valence-corrected chi connectivity index (χ2v) is 9.30. The topological polar surface area (TPSA) is 86.2 Å². The van der Waals surface area contributed by atoms with Gasteiger partial charge in [0.15, 0.2) is 0 Å². The number of amides is 2. The molecule has 178 valence electrons. The van der Waals surface area contributed by atoms with Gasteiger partial charge in [0.2, 0.25) is 11.8 Å². The van der Waals surface area contributed by atoms with Gasteiger partial charge in [-0.25, -0.2) is 0 Å². The Kier molecular flexibility index (Phi) is 20.4. The van der Waals surface area contributed by atoms with E-state index >= 15 is 0 Å². The monoisotopic (exact) mass is 424 g/mol. The standard InChI is InChI=1S/C26H52N2O2/c1-3-5-7-9-11-15-19-23(25(27)29)21-17-13-14-18-22-24(26(28)30)20-16-12-10-8-6-4-2/h23-24H,3-22H2,1-2H3,(H2,27,29)(H2,28,30). The van der Waals surface area contributed by atoms with Crippen LogP contribution in [0.15, 0.2) is 0 Å². The van der Waals surface area contributed by atoms with Crippen molar-refractivity contribution in [2.75, 3.05) is 0 Å². The second kappa shape index (κ2) is 21.2. The molecule has 0 aliphatic carbocycles. The minimum atomic E-state index is -0.128. The summed E-state index contributed by atoms with van der Waals surface area (Å²) in [5, 5.41) is 0. The molecule has 2 unspecified atom stereocenters. The number of carbonyl (C=O) groups is 2. The van der Waals surface area contributed by atoms with Crippen LogP contribution >= 0.6 is 0 Å². The molecule has 4 heteroatoms. The van der Waals surface area contributed by atoms with E-state index in [4.69, 9.17) is 11.5 Å². The Balaban J connectivity index is 3.81. The molecule has 0 bridgehead atoms. The lowest BCUT2D eigenvalue weighted by molar-refractivity contribution is -0.123. The molecule has 0 aromatic carbocycles. The van der Waals surface area contributed by atoms with Gasteiger partial charge in [0.05, 0.1) is 0 Å². The highest BCUT2D eigenvalue weighted by Crippen LogP contribution is 2.21. The molecule has 4 N–H and O–H groups in total. The number of unbranched alkanes of at least 4 members (excludes halogenated alkanes) is 13. The van der Waals surface area contributed by atoms with Crippen LogP contribution in [0.4, 0.5) is 0 Å². The van der Waals surface area contributed by atoms with Crippen molar-refractivity contribution in [1.29, 1.82) is 0 Å². The Morgan fingerprint density at radius 2 is 0.700 bits per heavy atom. The van der Waals surface area contributed by atoms with Crippen molar-refractivity contribution in [3.8, 4) is 0 Å². The number of hydrogen-bond acceptors (Lipinski definition) is 2. The Bertz CT molecular complexity index is 374. The molecule has 0 aliphatic heterocycles. The summed E-state index contributed by atoms with van der Waals surface area (Å²) in [7, 11) is 0. The van der Waals surface area contributed by atoms with Gasteiger partial charge in [-0.3, -0.25) is 9.59 Å². The van der Waals surface area contributed by atoms with Gasteiger partial charge >= 0.3 is 0 Å². The Morgan fingerprint density at radius 1 is 0.467 bits per heavy atom. The van der Waals surface area contributed by atoms with Crippen molar-refractivity contribution >= 4 is 11.8 Å². The van der Waals surface area contributed by atoms with Gasteiger partial charge in [0.25, 0.3) is 0 Å². The van der Waals surface area contributed by atoms with Gasteiger partial charge in [-0.15, -0.1) is 0 Å². The summed E-state index contributed by atoms with van der Waals surface area (Å²) in [6, 6.07) is 0. The molecule has 2 amide bonds. The highest BCUT2D eigenvalue weighted by Gasteiger charge is 2.16. The summed E-state index contributed by atoms with van der Waals surface area (Å²) in [5.74, 6) is -0.169. The molecule has 0 radical (unpaired) electrons. The molecule has 4 nitrogen and oxygen atoms in total. The van der Waals surface area contributed by atoms with E-state index in [-0.39, 0.29) is 23.7 Å². The highest BCUT2D eigenvalue weighted by atomic mass is 16.1. The molecule has 0 saturated heterocycles. The maximum Gasteiger partial charge on any atom is 0.220 e. The van der Waals surface area contributed by atoms with Crippen LogP contribution in [0.5, 0.6) is 0 Å². The first-order valence-electron chi connectivity index (χ1n) is 13.1. The second-order valence-electron chi connectivity index (χ2n) is 9.30. The highest BCUT2D eigenvalue weighted by molar-refractivity contribution is 5.76. The molecule has 0 heterocycles. The summed E-state index contributed by atoms with van der Waals surface area (Å²) < 4.78 is 0. The van der Waals surface area contributed by atoms with Gasteiger partial charge in [-0.2, -0.15) is 0 Å². The summed E-state index contributed by atoms with van der Waals surface area (Å²) in [5.41, 5.74) is 11.2. The zero-order valence-corrected chi connectivity index (χ0v) is 20.3. The predicted molar refractivity (Wildman–Crippen MR) is 129 cm³/mol. The number of rotatable bonds is 23. The van der Waals surface area contributed by atoms with Gasteiger partial charge in [-0.05, 0) is 25.7 Å². The van der Waals surface area contributed by atoms with Gasteiger partial charge in [-0.1, -0.05) is 117 Å². The lowest BCUT2D eigenvalue weighted by atomic mass is 9.92. The molecule has 0 aromatic heterocycles. The Morgan fingerprint density at radius 3 is 0.933 bits per heavy atom. The first-order valence-corrected chi connectivity index (χ1v) is 13.1. The number of nitrogens with two attached hydrogens (primary N) is 2. The third kappa shape index (κ3) is 17.8. The number of primary amides is 2. The van der Waals surface area contributed by atoms with Gasteiger partial charge < -0.3 is 11.5 Å². The lowest BCUT2D eigenvalue weighted by Gasteiger charge is -2.14. The maximum absolute atomic E-state index is 11.7. The molecule has 0 aliphatic rings. The van der Waals surface area contributed by atoms with Crippen LogP contribution in [-0.2, 0) is 9.59 Å². The van der Waals surface area contributed by atoms with Crippen LogP contribution in [-0.4, -0.2) is 11.8 Å². The van der Waals surface area contributed by atoms with Gasteiger partial charge in [0.1, 0.15) is 0 Å². The zero-order valence-electron chi connectivity index (χ0n) is 20.3. The fraction of sp³-hybridized carbons (Fsp3) is 0.923. The van der Waals surface area contributed by atoms with Gasteiger partial charge in [0, 0.05) is 11.8 Å². The first-order chi connectivity index (χ1) is 14.5. The zero-order chi connectivity index (χ0) is 22.5. The summed E-state index contributed by atoms with van der Waals surface area (Å²) in [4.78, 5) is 23.4. The molecular weight excluding hydrogens is 372 g/mol. The van der Waals surface area contributed by atoms with Crippen LogP contribution in [0.3, 0.4) is 0 Å². The van der Waals surface area contributed by atoms with E-state index in [1.54, 1.807) is 0 Å². The molecule has 2 atom stereocenters. The van der Waals surface area contributed by atoms with Crippen LogP contribution in [0.25, 0.3) is 0 Å². The molecule has 0 rings (SSSR count). The fourth-order valence-electron chi connectivity index (χ4n) is 4.33. The molecular formula is C26H52N2O2. The van der Waals surface area contributed by atoms with E-state index in [0.717, 1.165) is 64.2 Å².